The summed E-state index contributed by atoms with van der Waals surface area (Å²) in [6, 6.07) is 18.5. The Morgan fingerprint density at radius 1 is 1.07 bits per heavy atom. The van der Waals surface area contributed by atoms with E-state index in [1.54, 1.807) is 0 Å². The lowest BCUT2D eigenvalue weighted by atomic mass is 10.00. The van der Waals surface area contributed by atoms with Crippen LogP contribution in [0.2, 0.25) is 0 Å². The molecule has 3 aromatic rings. The van der Waals surface area contributed by atoms with Gasteiger partial charge in [-0.05, 0) is 23.1 Å². The van der Waals surface area contributed by atoms with E-state index in [0.29, 0.717) is 18.8 Å². The molecule has 0 unspecified atom stereocenters. The highest BCUT2D eigenvalue weighted by molar-refractivity contribution is 8.01. The summed E-state index contributed by atoms with van der Waals surface area (Å²) in [6.45, 7) is 2.21. The van der Waals surface area contributed by atoms with Gasteiger partial charge < -0.3 is 10.2 Å². The van der Waals surface area contributed by atoms with Crippen LogP contribution >= 0.6 is 23.1 Å². The normalized spacial score (nSPS) is 13.3. The Balaban J connectivity index is 1.27. The molecule has 1 aliphatic heterocycles. The Labute approximate surface area is 166 Å². The summed E-state index contributed by atoms with van der Waals surface area (Å²) in [5, 5.41) is 12.4. The van der Waals surface area contributed by atoms with Crippen molar-refractivity contribution in [2.75, 3.05) is 17.6 Å². The van der Waals surface area contributed by atoms with Crippen LogP contribution in [0.15, 0.2) is 58.9 Å². The number of hydrogen-bond acceptors (Lipinski definition) is 6. The number of nitrogens with one attached hydrogen (secondary N) is 1. The maximum atomic E-state index is 12.5. The van der Waals surface area contributed by atoms with Gasteiger partial charge in [-0.1, -0.05) is 77.7 Å². The summed E-state index contributed by atoms with van der Waals surface area (Å²) in [4.78, 5) is 14.5. The van der Waals surface area contributed by atoms with E-state index in [2.05, 4.69) is 45.8 Å². The highest BCUT2D eigenvalue weighted by Gasteiger charge is 2.20. The third-order valence-corrected chi connectivity index (χ3v) is 6.49. The molecule has 0 aliphatic carbocycles. The van der Waals surface area contributed by atoms with Gasteiger partial charge in [0.1, 0.15) is 0 Å². The molecule has 1 amide bonds. The van der Waals surface area contributed by atoms with E-state index in [9.17, 15) is 4.79 Å². The van der Waals surface area contributed by atoms with Gasteiger partial charge in [-0.25, -0.2) is 0 Å². The fourth-order valence-electron chi connectivity index (χ4n) is 3.04. The number of rotatable bonds is 6. The summed E-state index contributed by atoms with van der Waals surface area (Å²) < 4.78 is 0.816. The van der Waals surface area contributed by atoms with Crippen molar-refractivity contribution in [2.24, 2.45) is 0 Å². The van der Waals surface area contributed by atoms with Crippen LogP contribution in [0.5, 0.6) is 0 Å². The van der Waals surface area contributed by atoms with E-state index in [1.807, 2.05) is 29.2 Å². The first-order chi connectivity index (χ1) is 13.3. The predicted octanol–water partition coefficient (Wildman–Crippen LogP) is 3.83. The van der Waals surface area contributed by atoms with E-state index in [0.717, 1.165) is 22.4 Å². The molecule has 7 heteroatoms. The summed E-state index contributed by atoms with van der Waals surface area (Å²) in [5.74, 6) is 0.554. The standard InChI is InChI=1S/C20H20N4OS2/c25-18(24-11-10-16-8-4-5-9-17(16)13-24)14-26-20-23-22-19(27-20)21-12-15-6-2-1-3-7-15/h1-9H,10-14H2,(H,21,22). The van der Waals surface area contributed by atoms with Crippen molar-refractivity contribution < 1.29 is 4.79 Å². The number of aromatic nitrogens is 2. The van der Waals surface area contributed by atoms with Crippen molar-refractivity contribution in [1.29, 1.82) is 0 Å². The SMILES string of the molecule is O=C(CSc1nnc(NCc2ccccc2)s1)N1CCc2ccccc2C1. The van der Waals surface area contributed by atoms with Crippen LogP contribution in [0.1, 0.15) is 16.7 Å². The third kappa shape index (κ3) is 4.67. The fourth-order valence-corrected chi connectivity index (χ4v) is 4.69. The van der Waals surface area contributed by atoms with Gasteiger partial charge in [0.05, 0.1) is 5.75 Å². The Morgan fingerprint density at radius 3 is 2.70 bits per heavy atom. The van der Waals surface area contributed by atoms with Gasteiger partial charge in [0.2, 0.25) is 11.0 Å². The smallest absolute Gasteiger partial charge is 0.233 e. The van der Waals surface area contributed by atoms with Crippen LogP contribution in [-0.4, -0.2) is 33.3 Å². The lowest BCUT2D eigenvalue weighted by Crippen LogP contribution is -2.37. The number of nitrogens with zero attached hydrogens (tertiary/aromatic N) is 3. The van der Waals surface area contributed by atoms with Crippen molar-refractivity contribution >= 4 is 34.1 Å². The van der Waals surface area contributed by atoms with Gasteiger partial charge in [0.15, 0.2) is 4.34 Å². The molecule has 1 aliphatic rings. The minimum absolute atomic E-state index is 0.156. The van der Waals surface area contributed by atoms with Crippen LogP contribution in [0.4, 0.5) is 5.13 Å². The molecular weight excluding hydrogens is 376 g/mol. The summed E-state index contributed by atoms with van der Waals surface area (Å²) >= 11 is 2.95. The van der Waals surface area contributed by atoms with Gasteiger partial charge in [0, 0.05) is 19.6 Å². The van der Waals surface area contributed by atoms with Crippen molar-refractivity contribution in [2.45, 2.75) is 23.8 Å². The predicted molar refractivity (Wildman–Crippen MR) is 110 cm³/mol. The van der Waals surface area contributed by atoms with Crippen molar-refractivity contribution in [1.82, 2.24) is 15.1 Å². The summed E-state index contributed by atoms with van der Waals surface area (Å²) in [5.41, 5.74) is 3.81. The number of thioether (sulfide) groups is 1. The maximum Gasteiger partial charge on any atom is 0.233 e. The number of hydrogen-bond donors (Lipinski definition) is 1. The fraction of sp³-hybridized carbons (Fsp3) is 0.250. The molecular formula is C20H20N4OS2. The van der Waals surface area contributed by atoms with E-state index in [1.165, 1.54) is 39.8 Å². The highest BCUT2D eigenvalue weighted by atomic mass is 32.2. The zero-order chi connectivity index (χ0) is 18.5. The minimum Gasteiger partial charge on any atom is -0.356 e. The highest BCUT2D eigenvalue weighted by Crippen LogP contribution is 2.27. The molecule has 0 fully saturated rings. The summed E-state index contributed by atoms with van der Waals surface area (Å²) in [7, 11) is 0. The van der Waals surface area contributed by atoms with Crippen LogP contribution in [0, 0.1) is 0 Å². The Bertz CT molecular complexity index is 913. The summed E-state index contributed by atoms with van der Waals surface area (Å²) in [6.07, 6.45) is 0.930. The second kappa shape index (κ2) is 8.54. The lowest BCUT2D eigenvalue weighted by Gasteiger charge is -2.28. The molecule has 4 rings (SSSR count). The molecule has 5 nitrogen and oxygen atoms in total. The zero-order valence-electron chi connectivity index (χ0n) is 14.8. The first kappa shape index (κ1) is 18.0. The quantitative estimate of drug-likeness (QED) is 0.642. The molecule has 138 valence electrons. The lowest BCUT2D eigenvalue weighted by molar-refractivity contribution is -0.129. The van der Waals surface area contributed by atoms with Crippen LogP contribution < -0.4 is 5.32 Å². The van der Waals surface area contributed by atoms with Gasteiger partial charge in [-0.3, -0.25) is 4.79 Å². The number of carbonyl (C=O) groups is 1. The van der Waals surface area contributed by atoms with Gasteiger partial charge in [0.25, 0.3) is 0 Å². The van der Waals surface area contributed by atoms with Crippen molar-refractivity contribution in [3.05, 3.63) is 71.3 Å². The third-order valence-electron chi connectivity index (χ3n) is 4.50. The number of carbonyl (C=O) groups excluding carboxylic acids is 1. The molecule has 27 heavy (non-hydrogen) atoms. The van der Waals surface area contributed by atoms with Crippen LogP contribution in [-0.2, 0) is 24.3 Å². The first-order valence-electron chi connectivity index (χ1n) is 8.86. The van der Waals surface area contributed by atoms with Crippen molar-refractivity contribution in [3.8, 4) is 0 Å². The molecule has 1 aromatic heterocycles. The van der Waals surface area contributed by atoms with E-state index in [4.69, 9.17) is 0 Å². The maximum absolute atomic E-state index is 12.5. The molecule has 0 bridgehead atoms. The number of amides is 1. The molecule has 2 aromatic carbocycles. The molecule has 0 atom stereocenters. The Kier molecular flexibility index (Phi) is 5.69. The van der Waals surface area contributed by atoms with E-state index in [-0.39, 0.29) is 5.91 Å². The molecule has 0 saturated heterocycles. The second-order valence-corrected chi connectivity index (χ2v) is 8.53. The van der Waals surface area contributed by atoms with Crippen LogP contribution in [0.25, 0.3) is 0 Å². The second-order valence-electron chi connectivity index (χ2n) is 6.33. The van der Waals surface area contributed by atoms with Crippen LogP contribution in [0.3, 0.4) is 0 Å². The minimum atomic E-state index is 0.156. The van der Waals surface area contributed by atoms with E-state index < -0.39 is 0 Å². The average molecular weight is 397 g/mol. The molecule has 0 saturated carbocycles. The van der Waals surface area contributed by atoms with Gasteiger partial charge in [-0.2, -0.15) is 0 Å². The van der Waals surface area contributed by atoms with Gasteiger partial charge >= 0.3 is 0 Å². The van der Waals surface area contributed by atoms with E-state index >= 15 is 0 Å². The number of anilines is 1. The Morgan fingerprint density at radius 2 is 1.85 bits per heavy atom. The average Bonchev–Trinajstić information content (AvgIpc) is 3.19. The largest absolute Gasteiger partial charge is 0.356 e. The molecule has 0 spiro atoms. The first-order valence-corrected chi connectivity index (χ1v) is 10.7. The number of benzene rings is 2. The molecule has 1 N–H and O–H groups in total. The topological polar surface area (TPSA) is 58.1 Å². The zero-order valence-corrected chi connectivity index (χ0v) is 16.4. The molecule has 0 radical (unpaired) electrons. The number of fused-ring (bicyclic) bond motifs is 1. The van der Waals surface area contributed by atoms with Crippen molar-refractivity contribution in [3.63, 3.8) is 0 Å². The molecule has 2 heterocycles. The monoisotopic (exact) mass is 396 g/mol. The Hall–Kier alpha value is -2.38. The van der Waals surface area contributed by atoms with Gasteiger partial charge in [-0.15, -0.1) is 10.2 Å².